The monoisotopic (exact) mass is 934 g/mol. The van der Waals surface area contributed by atoms with Gasteiger partial charge in [0.25, 0.3) is 0 Å². The molecule has 6 N–H and O–H groups in total. The number of fused-ring (bicyclic) bond motifs is 2. The molecule has 2 fully saturated rings. The van der Waals surface area contributed by atoms with Gasteiger partial charge in [-0.1, -0.05) is 24.3 Å². The highest BCUT2D eigenvalue weighted by atomic mass is 19.4. The standard InChI is InChI=1S/2C24H20F3N5O2/c2*1-12-6-13(20(33)4-5-24(25,26)27)2-3-16(12)19-8-14-9-21(30-11-18(14)22(29)31-19)32-23(34)17-7-15(17)10-28/h2*2-3,6,8-9,11,15,17H,4-5,7H2,1H3,(H2,29,31)(H,30,32,34)/t15-,17?;15-,17+/m10/s1. The van der Waals surface area contributed by atoms with Gasteiger partial charge < -0.3 is 22.1 Å². The maximum absolute atomic E-state index is 12.4. The van der Waals surface area contributed by atoms with Crippen molar-refractivity contribution in [2.45, 2.75) is 64.7 Å². The number of halogens is 6. The van der Waals surface area contributed by atoms with Gasteiger partial charge in [-0.2, -0.15) is 36.9 Å². The van der Waals surface area contributed by atoms with Crippen LogP contribution in [0.3, 0.4) is 0 Å². The third-order valence-corrected chi connectivity index (χ3v) is 11.5. The predicted octanol–water partition coefficient (Wildman–Crippen LogP) is 9.62. The van der Waals surface area contributed by atoms with E-state index in [9.17, 15) is 45.5 Å². The first-order valence-electron chi connectivity index (χ1n) is 21.1. The number of amides is 2. The van der Waals surface area contributed by atoms with Crippen LogP contribution in [0.1, 0.15) is 70.4 Å². The lowest BCUT2D eigenvalue weighted by molar-refractivity contribution is -0.134. The molecule has 68 heavy (non-hydrogen) atoms. The summed E-state index contributed by atoms with van der Waals surface area (Å²) in [5, 5.41) is 25.7. The molecule has 2 amide bonds. The smallest absolute Gasteiger partial charge is 0.383 e. The topological polar surface area (TPSA) is 244 Å². The average Bonchev–Trinajstić information content (AvgIpc) is 4.22. The molecule has 14 nitrogen and oxygen atoms in total. The van der Waals surface area contributed by atoms with E-state index in [1.165, 1.54) is 36.7 Å². The largest absolute Gasteiger partial charge is 0.389 e. The number of nitriles is 2. The summed E-state index contributed by atoms with van der Waals surface area (Å²) in [5.41, 5.74) is 16.3. The maximum Gasteiger partial charge on any atom is 0.389 e. The highest BCUT2D eigenvalue weighted by Crippen LogP contribution is 2.40. The van der Waals surface area contributed by atoms with Gasteiger partial charge in [0.1, 0.15) is 23.3 Å². The number of pyridine rings is 4. The first-order valence-corrected chi connectivity index (χ1v) is 21.1. The van der Waals surface area contributed by atoms with E-state index in [2.05, 4.69) is 42.7 Å². The van der Waals surface area contributed by atoms with Gasteiger partial charge in [-0.05, 0) is 85.0 Å². The lowest BCUT2D eigenvalue weighted by atomic mass is 9.98. The van der Waals surface area contributed by atoms with Gasteiger partial charge >= 0.3 is 12.4 Å². The van der Waals surface area contributed by atoms with Crippen LogP contribution in [0, 0.1) is 60.2 Å². The second kappa shape index (κ2) is 19.1. The Balaban J connectivity index is 0.000000201. The molecule has 4 heterocycles. The van der Waals surface area contributed by atoms with Crippen LogP contribution >= 0.6 is 0 Å². The molecule has 20 heteroatoms. The van der Waals surface area contributed by atoms with E-state index >= 15 is 0 Å². The Morgan fingerprint density at radius 1 is 0.632 bits per heavy atom. The predicted molar refractivity (Wildman–Crippen MR) is 239 cm³/mol. The molecule has 0 bridgehead atoms. The molecule has 2 aromatic carbocycles. The summed E-state index contributed by atoms with van der Waals surface area (Å²) in [4.78, 5) is 66.0. The maximum atomic E-state index is 12.4. The Kier molecular flexibility index (Phi) is 13.5. The molecule has 6 aromatic rings. The highest BCUT2D eigenvalue weighted by Gasteiger charge is 2.44. The SMILES string of the molecule is Cc1cc(C(=O)CCC(F)(F)F)ccc1-c1cc2cc(NC(=O)C3C[C@@H]3C#N)ncc2c(N)n1.Cc1cc(C(=O)CCC(F)(F)F)ccc1-c1cc2cc(NC(=O)[C@@H]3C[C@H]3C#N)ncc2c(N)n1. The molecule has 0 aliphatic heterocycles. The minimum atomic E-state index is -4.39. The van der Waals surface area contributed by atoms with Crippen molar-refractivity contribution in [3.63, 3.8) is 0 Å². The van der Waals surface area contributed by atoms with Gasteiger partial charge in [0.2, 0.25) is 11.8 Å². The summed E-state index contributed by atoms with van der Waals surface area (Å²) >= 11 is 0. The molecule has 2 saturated carbocycles. The second-order valence-electron chi connectivity index (χ2n) is 16.6. The van der Waals surface area contributed by atoms with E-state index in [4.69, 9.17) is 22.0 Å². The molecule has 2 aliphatic carbocycles. The lowest BCUT2D eigenvalue weighted by Crippen LogP contribution is -2.15. The van der Waals surface area contributed by atoms with Gasteiger partial charge in [0.15, 0.2) is 11.6 Å². The van der Waals surface area contributed by atoms with E-state index in [1.54, 1.807) is 50.2 Å². The molecular weight excluding hydrogens is 895 g/mol. The van der Waals surface area contributed by atoms with Crippen molar-refractivity contribution in [1.29, 1.82) is 10.5 Å². The van der Waals surface area contributed by atoms with Crippen molar-refractivity contribution < 1.29 is 45.5 Å². The molecule has 0 spiro atoms. The quantitative estimate of drug-likeness (QED) is 0.0662. The second-order valence-corrected chi connectivity index (χ2v) is 16.6. The summed E-state index contributed by atoms with van der Waals surface area (Å²) in [6.07, 6.45) is -8.26. The summed E-state index contributed by atoms with van der Waals surface area (Å²) in [7, 11) is 0. The number of nitrogens with one attached hydrogen (secondary N) is 2. The number of nitrogens with two attached hydrogens (primary N) is 2. The number of hydrogen-bond acceptors (Lipinski definition) is 12. The molecule has 4 aromatic heterocycles. The van der Waals surface area contributed by atoms with E-state index < -0.39 is 49.6 Å². The molecule has 348 valence electrons. The number of rotatable bonds is 12. The first kappa shape index (κ1) is 47.9. The van der Waals surface area contributed by atoms with Crippen LogP contribution in [-0.2, 0) is 9.59 Å². The van der Waals surface area contributed by atoms with Crippen molar-refractivity contribution in [2.24, 2.45) is 23.7 Å². The molecule has 4 atom stereocenters. The van der Waals surface area contributed by atoms with Crippen LogP contribution in [0.2, 0.25) is 0 Å². The Labute approximate surface area is 383 Å². The van der Waals surface area contributed by atoms with Crippen LogP contribution in [0.4, 0.5) is 49.6 Å². The number of nitrogens with zero attached hydrogens (tertiary/aromatic N) is 6. The minimum absolute atomic E-state index is 0.198. The number of ketones is 2. The van der Waals surface area contributed by atoms with Crippen molar-refractivity contribution in [3.05, 3.63) is 95.3 Å². The van der Waals surface area contributed by atoms with E-state index in [0.717, 1.165) is 0 Å². The van der Waals surface area contributed by atoms with Crippen LogP contribution in [-0.4, -0.2) is 55.7 Å². The zero-order valence-corrected chi connectivity index (χ0v) is 36.2. The third-order valence-electron chi connectivity index (χ3n) is 11.5. The number of carbonyl (C=O) groups excluding carboxylic acids is 4. The lowest BCUT2D eigenvalue weighted by Gasteiger charge is -2.12. The van der Waals surface area contributed by atoms with Crippen LogP contribution in [0.5, 0.6) is 0 Å². The van der Waals surface area contributed by atoms with Gasteiger partial charge in [0, 0.05) is 58.3 Å². The number of anilines is 4. The van der Waals surface area contributed by atoms with Crippen molar-refractivity contribution >= 4 is 68.2 Å². The summed E-state index contributed by atoms with van der Waals surface area (Å²) < 4.78 is 74.5. The Hall–Kier alpha value is -8.00. The fourth-order valence-corrected chi connectivity index (χ4v) is 7.50. The molecule has 2 aliphatic rings. The van der Waals surface area contributed by atoms with Gasteiger partial charge in [-0.25, -0.2) is 19.9 Å². The fourth-order valence-electron chi connectivity index (χ4n) is 7.50. The number of aromatic nitrogens is 4. The molecule has 8 rings (SSSR count). The zero-order valence-electron chi connectivity index (χ0n) is 36.2. The molecule has 0 radical (unpaired) electrons. The normalized spacial score (nSPS) is 17.3. The fraction of sp³-hybridized carbons (Fsp3) is 0.292. The Morgan fingerprint density at radius 2 is 1.01 bits per heavy atom. The van der Waals surface area contributed by atoms with Crippen LogP contribution in [0.15, 0.2) is 73.1 Å². The number of Topliss-reactive ketones (excluding diaryl/α,β-unsaturated/α-hetero) is 2. The molecule has 1 unspecified atom stereocenters. The Morgan fingerprint density at radius 3 is 1.34 bits per heavy atom. The van der Waals surface area contributed by atoms with E-state index in [0.29, 0.717) is 79.7 Å². The molecular formula is C48H40F6N10O4. The average molecular weight is 935 g/mol. The van der Waals surface area contributed by atoms with Gasteiger partial charge in [0.05, 0.1) is 60.0 Å². The zero-order chi connectivity index (χ0) is 49.2. The third kappa shape index (κ3) is 11.5. The highest BCUT2D eigenvalue weighted by molar-refractivity contribution is 6.01. The number of benzene rings is 2. The van der Waals surface area contributed by atoms with Gasteiger partial charge in [-0.15, -0.1) is 0 Å². The summed E-state index contributed by atoms with van der Waals surface area (Å²) in [6, 6.07) is 20.2. The first-order chi connectivity index (χ1) is 32.1. The molecule has 0 saturated heterocycles. The van der Waals surface area contributed by atoms with Crippen molar-refractivity contribution in [1.82, 2.24) is 19.9 Å². The van der Waals surface area contributed by atoms with Crippen LogP contribution < -0.4 is 22.1 Å². The van der Waals surface area contributed by atoms with Gasteiger partial charge in [-0.3, -0.25) is 19.2 Å². The summed E-state index contributed by atoms with van der Waals surface area (Å²) in [5.74, 6) is -1.82. The van der Waals surface area contributed by atoms with Crippen LogP contribution in [0.25, 0.3) is 44.1 Å². The summed E-state index contributed by atoms with van der Waals surface area (Å²) in [6.45, 7) is 3.47. The van der Waals surface area contributed by atoms with Crippen molar-refractivity contribution in [2.75, 3.05) is 22.1 Å². The number of alkyl halides is 6. The number of nitrogen functional groups attached to an aromatic ring is 2. The number of carbonyl (C=O) groups is 4. The Bertz CT molecular complexity index is 2900. The van der Waals surface area contributed by atoms with Crippen molar-refractivity contribution in [3.8, 4) is 34.7 Å². The van der Waals surface area contributed by atoms with E-state index in [1.807, 2.05) is 0 Å². The number of hydrogen-bond donors (Lipinski definition) is 4. The number of aryl methyl sites for hydroxylation is 2. The van der Waals surface area contributed by atoms with E-state index in [-0.39, 0.29) is 58.2 Å². The minimum Gasteiger partial charge on any atom is -0.383 e.